The number of hydrogen-bond acceptors (Lipinski definition) is 2. The summed E-state index contributed by atoms with van der Waals surface area (Å²) in [6.07, 6.45) is 9.93. The number of carbonyl (C=O) groups is 1. The first kappa shape index (κ1) is 15.0. The van der Waals surface area contributed by atoms with E-state index in [0.29, 0.717) is 0 Å². The molecule has 2 heteroatoms. The van der Waals surface area contributed by atoms with Gasteiger partial charge in [-0.2, -0.15) is 0 Å². The monoisotopic (exact) mass is 310 g/mol. The molecule has 122 valence electrons. The van der Waals surface area contributed by atoms with Crippen LogP contribution in [0.15, 0.2) is 35.9 Å². The van der Waals surface area contributed by atoms with Gasteiger partial charge in [0.1, 0.15) is 6.10 Å². The van der Waals surface area contributed by atoms with Gasteiger partial charge in [-0.1, -0.05) is 62.9 Å². The number of rotatable bonds is 6. The summed E-state index contributed by atoms with van der Waals surface area (Å²) in [5, 5.41) is 0. The lowest BCUT2D eigenvalue weighted by Crippen LogP contribution is -2.51. The van der Waals surface area contributed by atoms with Gasteiger partial charge in [0.15, 0.2) is 0 Å². The molecule has 1 aromatic rings. The first-order valence-corrected chi connectivity index (χ1v) is 9.27. The van der Waals surface area contributed by atoms with Crippen molar-refractivity contribution in [3.63, 3.8) is 0 Å². The quantitative estimate of drug-likeness (QED) is 0.537. The van der Waals surface area contributed by atoms with Crippen LogP contribution in [0.5, 0.6) is 0 Å². The molecule has 0 spiro atoms. The summed E-state index contributed by atoms with van der Waals surface area (Å²) >= 11 is 0. The number of unbranched alkanes of at least 4 members (excludes halogenated alkanes) is 3. The highest BCUT2D eigenvalue weighted by atomic mass is 16.5. The molecule has 4 rings (SSSR count). The van der Waals surface area contributed by atoms with Crippen molar-refractivity contribution >= 4 is 11.5 Å². The van der Waals surface area contributed by atoms with Gasteiger partial charge in [0.05, 0.1) is 5.57 Å². The fraction of sp³-hybridized carbons (Fsp3) is 0.571. The Kier molecular flexibility index (Phi) is 3.79. The summed E-state index contributed by atoms with van der Waals surface area (Å²) < 4.78 is 5.94. The van der Waals surface area contributed by atoms with E-state index in [1.807, 2.05) is 18.2 Å². The first-order chi connectivity index (χ1) is 11.3. The number of ether oxygens (including phenoxy) is 1. The molecule has 1 heterocycles. The van der Waals surface area contributed by atoms with Gasteiger partial charge in [-0.25, -0.2) is 4.79 Å². The summed E-state index contributed by atoms with van der Waals surface area (Å²) in [6.45, 7) is 2.26. The highest BCUT2D eigenvalue weighted by molar-refractivity contribution is 6.19. The molecule has 2 fully saturated rings. The van der Waals surface area contributed by atoms with Crippen LogP contribution in [-0.4, -0.2) is 12.1 Å². The van der Waals surface area contributed by atoms with E-state index in [4.69, 9.17) is 4.74 Å². The third-order valence-corrected chi connectivity index (χ3v) is 6.35. The molecule has 0 amide bonds. The molecular weight excluding hydrogens is 284 g/mol. The Balaban J connectivity index is 1.69. The fourth-order valence-electron chi connectivity index (χ4n) is 5.23. The van der Waals surface area contributed by atoms with Crippen LogP contribution in [-0.2, 0) is 9.53 Å². The predicted octanol–water partition coefficient (Wildman–Crippen LogP) is 5.14. The largest absolute Gasteiger partial charge is 0.458 e. The average Bonchev–Trinajstić information content (AvgIpc) is 2.87. The molecule has 3 aliphatic rings. The molecule has 0 bridgehead atoms. The van der Waals surface area contributed by atoms with Crippen LogP contribution >= 0.6 is 0 Å². The van der Waals surface area contributed by atoms with Crippen molar-refractivity contribution in [2.75, 3.05) is 0 Å². The smallest absolute Gasteiger partial charge is 0.339 e. The summed E-state index contributed by atoms with van der Waals surface area (Å²) in [7, 11) is 0. The lowest BCUT2D eigenvalue weighted by Gasteiger charge is -2.54. The average molecular weight is 310 g/mol. The molecule has 3 atom stereocenters. The third kappa shape index (κ3) is 2.18. The normalized spacial score (nSPS) is 31.6. The lowest BCUT2D eigenvalue weighted by atomic mass is 9.53. The topological polar surface area (TPSA) is 26.3 Å². The van der Waals surface area contributed by atoms with Crippen LogP contribution in [0.1, 0.15) is 63.9 Å². The highest BCUT2D eigenvalue weighted by Gasteiger charge is 2.63. The number of carbonyl (C=O) groups excluding carboxylic acids is 1. The SMILES string of the molecule is CCCCCC[C@@]12C3=C(c4ccccc4)C(=O)O[C@@H]1CC[C@@H]2C3. The van der Waals surface area contributed by atoms with E-state index in [2.05, 4.69) is 19.1 Å². The molecule has 0 N–H and O–H groups in total. The van der Waals surface area contributed by atoms with Crippen LogP contribution in [0, 0.1) is 11.3 Å². The minimum absolute atomic E-state index is 0.0827. The first-order valence-electron chi connectivity index (χ1n) is 9.27. The van der Waals surface area contributed by atoms with E-state index < -0.39 is 0 Å². The Morgan fingerprint density at radius 1 is 1.13 bits per heavy atom. The van der Waals surface area contributed by atoms with Gasteiger partial charge in [0.2, 0.25) is 0 Å². The molecule has 0 aromatic heterocycles. The van der Waals surface area contributed by atoms with Gasteiger partial charge in [0.25, 0.3) is 0 Å². The van der Waals surface area contributed by atoms with Crippen molar-refractivity contribution in [3.05, 3.63) is 41.5 Å². The van der Waals surface area contributed by atoms with Crippen molar-refractivity contribution < 1.29 is 9.53 Å². The summed E-state index contributed by atoms with van der Waals surface area (Å²) in [4.78, 5) is 12.6. The van der Waals surface area contributed by atoms with Crippen molar-refractivity contribution in [3.8, 4) is 0 Å². The Labute approximate surface area is 138 Å². The molecule has 0 unspecified atom stereocenters. The molecule has 0 saturated heterocycles. The second-order valence-electron chi connectivity index (χ2n) is 7.44. The van der Waals surface area contributed by atoms with Gasteiger partial charge in [-0.3, -0.25) is 0 Å². The number of benzene rings is 1. The Bertz CT molecular complexity index is 631. The van der Waals surface area contributed by atoms with E-state index in [1.165, 1.54) is 44.1 Å². The van der Waals surface area contributed by atoms with Crippen molar-refractivity contribution in [2.45, 2.75) is 64.4 Å². The van der Waals surface area contributed by atoms with Crippen molar-refractivity contribution in [1.82, 2.24) is 0 Å². The van der Waals surface area contributed by atoms with Gasteiger partial charge in [-0.05, 0) is 42.7 Å². The second kappa shape index (κ2) is 5.81. The molecule has 0 radical (unpaired) electrons. The van der Waals surface area contributed by atoms with Crippen molar-refractivity contribution in [2.24, 2.45) is 11.3 Å². The Hall–Kier alpha value is -1.57. The molecule has 2 nitrogen and oxygen atoms in total. The maximum atomic E-state index is 12.6. The van der Waals surface area contributed by atoms with E-state index in [9.17, 15) is 4.79 Å². The van der Waals surface area contributed by atoms with Crippen LogP contribution in [0.2, 0.25) is 0 Å². The predicted molar refractivity (Wildman–Crippen MR) is 91.8 cm³/mol. The summed E-state index contributed by atoms with van der Waals surface area (Å²) in [5.74, 6) is 0.664. The Morgan fingerprint density at radius 2 is 1.96 bits per heavy atom. The van der Waals surface area contributed by atoms with Gasteiger partial charge in [0, 0.05) is 5.41 Å². The molecule has 2 aliphatic carbocycles. The lowest BCUT2D eigenvalue weighted by molar-refractivity contribution is -0.152. The zero-order valence-corrected chi connectivity index (χ0v) is 14.0. The molecular formula is C21H26O2. The minimum Gasteiger partial charge on any atom is -0.458 e. The van der Waals surface area contributed by atoms with Crippen LogP contribution in [0.3, 0.4) is 0 Å². The molecule has 23 heavy (non-hydrogen) atoms. The second-order valence-corrected chi connectivity index (χ2v) is 7.44. The van der Waals surface area contributed by atoms with E-state index in [1.54, 1.807) is 0 Å². The zero-order valence-electron chi connectivity index (χ0n) is 14.0. The maximum absolute atomic E-state index is 12.6. The maximum Gasteiger partial charge on any atom is 0.339 e. The standard InChI is InChI=1S/C21H26O2/c1-2-3-4-8-13-21-16-11-12-18(21)23-20(22)19(17(21)14-16)15-9-6-5-7-10-15/h5-7,9-10,16,18H,2-4,8,11-14H2,1H3/t16-,18-,21-/m1/s1. The Morgan fingerprint density at radius 3 is 2.74 bits per heavy atom. The van der Waals surface area contributed by atoms with Crippen LogP contribution < -0.4 is 0 Å². The number of hydrogen-bond donors (Lipinski definition) is 0. The van der Waals surface area contributed by atoms with E-state index in [0.717, 1.165) is 29.9 Å². The van der Waals surface area contributed by atoms with Gasteiger partial charge in [-0.15, -0.1) is 0 Å². The highest BCUT2D eigenvalue weighted by Crippen LogP contribution is 2.67. The number of esters is 1. The van der Waals surface area contributed by atoms with Crippen LogP contribution in [0.4, 0.5) is 0 Å². The summed E-state index contributed by atoms with van der Waals surface area (Å²) in [6, 6.07) is 10.1. The molecule has 1 aromatic carbocycles. The van der Waals surface area contributed by atoms with Crippen LogP contribution in [0.25, 0.3) is 5.57 Å². The zero-order chi connectivity index (χ0) is 15.9. The molecule has 1 aliphatic heterocycles. The van der Waals surface area contributed by atoms with Gasteiger partial charge >= 0.3 is 5.97 Å². The fourth-order valence-corrected chi connectivity index (χ4v) is 5.23. The minimum atomic E-state index is -0.0827. The molecule has 2 saturated carbocycles. The van der Waals surface area contributed by atoms with E-state index in [-0.39, 0.29) is 17.5 Å². The van der Waals surface area contributed by atoms with E-state index >= 15 is 0 Å². The third-order valence-electron chi connectivity index (χ3n) is 6.35. The van der Waals surface area contributed by atoms with Crippen molar-refractivity contribution in [1.29, 1.82) is 0 Å². The van der Waals surface area contributed by atoms with Gasteiger partial charge < -0.3 is 4.74 Å². The summed E-state index contributed by atoms with van der Waals surface area (Å²) in [5.41, 5.74) is 3.54.